The predicted molar refractivity (Wildman–Crippen MR) is 76.8 cm³/mol. The van der Waals surface area contributed by atoms with Crippen molar-refractivity contribution >= 4 is 0 Å². The van der Waals surface area contributed by atoms with Gasteiger partial charge in [0.25, 0.3) is 0 Å². The molecule has 0 amide bonds. The summed E-state index contributed by atoms with van der Waals surface area (Å²) in [6.07, 6.45) is 0. The van der Waals surface area contributed by atoms with Gasteiger partial charge in [-0.25, -0.2) is 8.78 Å². The van der Waals surface area contributed by atoms with Crippen molar-refractivity contribution in [1.82, 2.24) is 5.32 Å². The maximum Gasteiger partial charge on any atom is 0.170 e. The molecular formula is C16H17F2NO2. The number of benzene rings is 2. The molecule has 0 aliphatic carbocycles. The summed E-state index contributed by atoms with van der Waals surface area (Å²) in [6.45, 7) is 0. The fraction of sp³-hybridized carbons (Fsp3) is 0.250. The van der Waals surface area contributed by atoms with Gasteiger partial charge in [-0.05, 0) is 30.8 Å². The minimum atomic E-state index is -0.456. The van der Waals surface area contributed by atoms with E-state index in [0.717, 1.165) is 0 Å². The Morgan fingerprint density at radius 1 is 1.00 bits per heavy atom. The third kappa shape index (κ3) is 2.97. The van der Waals surface area contributed by atoms with Gasteiger partial charge in [-0.15, -0.1) is 0 Å². The van der Waals surface area contributed by atoms with Crippen LogP contribution in [0.4, 0.5) is 8.78 Å². The third-order valence-corrected chi connectivity index (χ3v) is 3.32. The van der Waals surface area contributed by atoms with Gasteiger partial charge in [0.2, 0.25) is 0 Å². The Morgan fingerprint density at radius 2 is 1.71 bits per heavy atom. The van der Waals surface area contributed by atoms with Gasteiger partial charge in [-0.2, -0.15) is 0 Å². The molecule has 0 aromatic heterocycles. The van der Waals surface area contributed by atoms with Crippen LogP contribution in [0.2, 0.25) is 0 Å². The summed E-state index contributed by atoms with van der Waals surface area (Å²) in [6, 6.07) is 8.94. The summed E-state index contributed by atoms with van der Waals surface area (Å²) in [5.74, 6) is -0.609. The highest BCUT2D eigenvalue weighted by molar-refractivity contribution is 5.41. The van der Waals surface area contributed by atoms with Gasteiger partial charge < -0.3 is 14.8 Å². The normalized spacial score (nSPS) is 12.0. The first-order chi connectivity index (χ1) is 10.1. The van der Waals surface area contributed by atoms with Crippen LogP contribution < -0.4 is 14.8 Å². The molecule has 0 saturated heterocycles. The van der Waals surface area contributed by atoms with E-state index in [9.17, 15) is 8.78 Å². The molecule has 0 saturated carbocycles. The first-order valence-corrected chi connectivity index (χ1v) is 6.45. The topological polar surface area (TPSA) is 30.5 Å². The van der Waals surface area contributed by atoms with Crippen LogP contribution >= 0.6 is 0 Å². The lowest BCUT2D eigenvalue weighted by Gasteiger charge is -2.19. The lowest BCUT2D eigenvalue weighted by molar-refractivity contribution is 0.381. The van der Waals surface area contributed by atoms with E-state index in [4.69, 9.17) is 9.47 Å². The fourth-order valence-corrected chi connectivity index (χ4v) is 2.27. The smallest absolute Gasteiger partial charge is 0.170 e. The van der Waals surface area contributed by atoms with E-state index in [1.54, 1.807) is 37.4 Å². The van der Waals surface area contributed by atoms with Crippen LogP contribution in [0.25, 0.3) is 0 Å². The molecule has 21 heavy (non-hydrogen) atoms. The summed E-state index contributed by atoms with van der Waals surface area (Å²) in [5, 5.41) is 3.02. The molecule has 2 aromatic rings. The van der Waals surface area contributed by atoms with E-state index in [-0.39, 0.29) is 11.5 Å². The highest BCUT2D eigenvalue weighted by atomic mass is 19.1. The van der Waals surface area contributed by atoms with Crippen molar-refractivity contribution in [3.63, 3.8) is 0 Å². The number of rotatable bonds is 5. The largest absolute Gasteiger partial charge is 0.494 e. The highest BCUT2D eigenvalue weighted by Gasteiger charge is 2.20. The Kier molecular flexibility index (Phi) is 4.75. The monoisotopic (exact) mass is 293 g/mol. The second-order valence-electron chi connectivity index (χ2n) is 4.48. The Bertz CT molecular complexity index is 632. The molecule has 0 aliphatic rings. The molecule has 0 bridgehead atoms. The first kappa shape index (κ1) is 15.3. The number of halogens is 2. The molecule has 3 nitrogen and oxygen atoms in total. The van der Waals surface area contributed by atoms with Crippen molar-refractivity contribution < 1.29 is 18.3 Å². The zero-order valence-corrected chi connectivity index (χ0v) is 12.1. The van der Waals surface area contributed by atoms with Gasteiger partial charge in [0, 0.05) is 5.56 Å². The first-order valence-electron chi connectivity index (χ1n) is 6.45. The van der Waals surface area contributed by atoms with Crippen molar-refractivity contribution in [2.75, 3.05) is 21.3 Å². The van der Waals surface area contributed by atoms with Crippen LogP contribution in [0, 0.1) is 11.6 Å². The van der Waals surface area contributed by atoms with Gasteiger partial charge in [0.15, 0.2) is 23.1 Å². The second-order valence-corrected chi connectivity index (χ2v) is 4.48. The summed E-state index contributed by atoms with van der Waals surface area (Å²) in [5.41, 5.74) is 1.12. The molecule has 0 radical (unpaired) electrons. The SMILES string of the molecule is CNC(c1ccc(F)c(OC)c1)c1cccc(OC)c1F. The summed E-state index contributed by atoms with van der Waals surface area (Å²) in [7, 11) is 4.51. The fourth-order valence-electron chi connectivity index (χ4n) is 2.27. The summed E-state index contributed by atoms with van der Waals surface area (Å²) >= 11 is 0. The molecule has 2 rings (SSSR count). The van der Waals surface area contributed by atoms with Crippen LogP contribution in [0.15, 0.2) is 36.4 Å². The van der Waals surface area contributed by atoms with Gasteiger partial charge >= 0.3 is 0 Å². The highest BCUT2D eigenvalue weighted by Crippen LogP contribution is 2.31. The van der Waals surface area contributed by atoms with E-state index >= 15 is 0 Å². The molecule has 1 N–H and O–H groups in total. The quantitative estimate of drug-likeness (QED) is 0.917. The Labute approximate surface area is 122 Å². The maximum atomic E-state index is 14.4. The van der Waals surface area contributed by atoms with Crippen molar-refractivity contribution in [3.8, 4) is 11.5 Å². The van der Waals surface area contributed by atoms with Crippen molar-refractivity contribution in [1.29, 1.82) is 0 Å². The van der Waals surface area contributed by atoms with Crippen LogP contribution in [-0.2, 0) is 0 Å². The van der Waals surface area contributed by atoms with E-state index in [1.165, 1.54) is 20.3 Å². The predicted octanol–water partition coefficient (Wildman–Crippen LogP) is 3.29. The van der Waals surface area contributed by atoms with E-state index in [0.29, 0.717) is 11.1 Å². The molecule has 1 atom stereocenters. The van der Waals surface area contributed by atoms with Crippen LogP contribution in [0.3, 0.4) is 0 Å². The van der Waals surface area contributed by atoms with Crippen LogP contribution in [-0.4, -0.2) is 21.3 Å². The van der Waals surface area contributed by atoms with Crippen molar-refractivity contribution in [3.05, 3.63) is 59.2 Å². The standard InChI is InChI=1S/C16H17F2NO2/c1-19-16(10-7-8-12(17)14(9-10)21-3)11-5-4-6-13(20-2)15(11)18/h4-9,16,19H,1-3H3. The molecule has 2 aromatic carbocycles. The Morgan fingerprint density at radius 3 is 2.33 bits per heavy atom. The zero-order valence-electron chi connectivity index (χ0n) is 12.1. The molecule has 0 aliphatic heterocycles. The van der Waals surface area contributed by atoms with Gasteiger partial charge in [-0.3, -0.25) is 0 Å². The second kappa shape index (κ2) is 6.54. The number of hydrogen-bond donors (Lipinski definition) is 1. The molecule has 0 heterocycles. The molecular weight excluding hydrogens is 276 g/mol. The molecule has 5 heteroatoms. The minimum Gasteiger partial charge on any atom is -0.494 e. The molecule has 0 fully saturated rings. The molecule has 112 valence electrons. The summed E-state index contributed by atoms with van der Waals surface area (Å²) in [4.78, 5) is 0. The minimum absolute atomic E-state index is 0.121. The third-order valence-electron chi connectivity index (χ3n) is 3.32. The summed E-state index contributed by atoms with van der Waals surface area (Å²) < 4.78 is 37.8. The van der Waals surface area contributed by atoms with Gasteiger partial charge in [0.05, 0.1) is 20.3 Å². The molecule has 0 spiro atoms. The average Bonchev–Trinajstić information content (AvgIpc) is 2.51. The average molecular weight is 293 g/mol. The Balaban J connectivity index is 2.49. The Hall–Kier alpha value is -2.14. The lowest BCUT2D eigenvalue weighted by atomic mass is 9.97. The lowest BCUT2D eigenvalue weighted by Crippen LogP contribution is -2.19. The van der Waals surface area contributed by atoms with Crippen molar-refractivity contribution in [2.45, 2.75) is 6.04 Å². The van der Waals surface area contributed by atoms with Gasteiger partial charge in [-0.1, -0.05) is 18.2 Å². The number of methoxy groups -OCH3 is 2. The number of nitrogens with one attached hydrogen (secondary N) is 1. The zero-order chi connectivity index (χ0) is 15.4. The van der Waals surface area contributed by atoms with E-state index < -0.39 is 17.7 Å². The number of hydrogen-bond acceptors (Lipinski definition) is 3. The molecule has 1 unspecified atom stereocenters. The van der Waals surface area contributed by atoms with Crippen LogP contribution in [0.5, 0.6) is 11.5 Å². The van der Waals surface area contributed by atoms with E-state index in [2.05, 4.69) is 5.32 Å². The van der Waals surface area contributed by atoms with E-state index in [1.807, 2.05) is 0 Å². The number of ether oxygens (including phenoxy) is 2. The maximum absolute atomic E-state index is 14.4. The van der Waals surface area contributed by atoms with Gasteiger partial charge in [0.1, 0.15) is 0 Å². The van der Waals surface area contributed by atoms with Crippen molar-refractivity contribution in [2.24, 2.45) is 0 Å². The van der Waals surface area contributed by atoms with Crippen LogP contribution in [0.1, 0.15) is 17.2 Å².